The van der Waals surface area contributed by atoms with Gasteiger partial charge in [0.1, 0.15) is 0 Å². The first kappa shape index (κ1) is 18.9. The molecule has 0 radical (unpaired) electrons. The van der Waals surface area contributed by atoms with E-state index in [2.05, 4.69) is 4.98 Å². The molecule has 4 nitrogen and oxygen atoms in total. The van der Waals surface area contributed by atoms with Crippen LogP contribution < -0.4 is 0 Å². The van der Waals surface area contributed by atoms with E-state index in [0.29, 0.717) is 0 Å². The van der Waals surface area contributed by atoms with Crippen LogP contribution in [0.25, 0.3) is 0 Å². The number of ether oxygens (including phenoxy) is 1. The number of aromatic nitrogens is 2. The van der Waals surface area contributed by atoms with Gasteiger partial charge in [0.25, 0.3) is 0 Å². The standard InChI is InChI=1S/C15H20N2O2.C2H6/c1-5-7-9-13(8-6-2)15(19-12(3)18)14-10-16-11-17(14)4;1-2/h5-11,15H,1-4H3;1-2H3/b7-5-,8-6-,13-9+;. The second kappa shape index (κ2) is 10.7. The number of imidazole rings is 1. The first-order valence-corrected chi connectivity index (χ1v) is 7.19. The second-order valence-electron chi connectivity index (χ2n) is 4.11. The summed E-state index contributed by atoms with van der Waals surface area (Å²) in [5.41, 5.74) is 1.74. The Balaban J connectivity index is 0.00000191. The maximum absolute atomic E-state index is 11.3. The van der Waals surface area contributed by atoms with Crippen molar-refractivity contribution in [2.24, 2.45) is 7.05 Å². The molecular weight excluding hydrogens is 264 g/mol. The summed E-state index contributed by atoms with van der Waals surface area (Å²) in [4.78, 5) is 15.4. The number of esters is 1. The average Bonchev–Trinajstić information content (AvgIpc) is 2.89. The lowest BCUT2D eigenvalue weighted by Crippen LogP contribution is -2.13. The maximum atomic E-state index is 11.3. The third kappa shape index (κ3) is 6.25. The Labute approximate surface area is 127 Å². The molecule has 0 saturated carbocycles. The van der Waals surface area contributed by atoms with E-state index in [9.17, 15) is 4.79 Å². The fraction of sp³-hybridized carbons (Fsp3) is 0.412. The van der Waals surface area contributed by atoms with Crippen LogP contribution in [0.15, 0.2) is 48.5 Å². The van der Waals surface area contributed by atoms with Gasteiger partial charge in [0.05, 0.1) is 18.2 Å². The molecule has 21 heavy (non-hydrogen) atoms. The molecule has 0 saturated heterocycles. The van der Waals surface area contributed by atoms with E-state index in [1.165, 1.54) is 6.92 Å². The van der Waals surface area contributed by atoms with Gasteiger partial charge in [-0.2, -0.15) is 0 Å². The van der Waals surface area contributed by atoms with Gasteiger partial charge < -0.3 is 9.30 Å². The van der Waals surface area contributed by atoms with Crippen molar-refractivity contribution in [1.82, 2.24) is 9.55 Å². The molecule has 0 aliphatic heterocycles. The fourth-order valence-corrected chi connectivity index (χ4v) is 1.72. The zero-order valence-electron chi connectivity index (χ0n) is 13.8. The summed E-state index contributed by atoms with van der Waals surface area (Å²) in [6.07, 6.45) is 12.6. The van der Waals surface area contributed by atoms with E-state index in [0.717, 1.165) is 11.3 Å². The Morgan fingerprint density at radius 3 is 2.43 bits per heavy atom. The summed E-state index contributed by atoms with van der Waals surface area (Å²) in [7, 11) is 1.88. The first-order valence-electron chi connectivity index (χ1n) is 7.19. The van der Waals surface area contributed by atoms with Crippen molar-refractivity contribution >= 4 is 5.97 Å². The van der Waals surface area contributed by atoms with Gasteiger partial charge in [-0.15, -0.1) is 0 Å². The van der Waals surface area contributed by atoms with Crippen molar-refractivity contribution in [3.8, 4) is 0 Å². The summed E-state index contributed by atoms with van der Waals surface area (Å²) in [6.45, 7) is 9.28. The van der Waals surface area contributed by atoms with Crippen molar-refractivity contribution in [3.05, 3.63) is 54.2 Å². The second-order valence-corrected chi connectivity index (χ2v) is 4.11. The van der Waals surface area contributed by atoms with E-state index in [1.54, 1.807) is 12.5 Å². The van der Waals surface area contributed by atoms with Crippen LogP contribution in [0.5, 0.6) is 0 Å². The van der Waals surface area contributed by atoms with Gasteiger partial charge in [-0.1, -0.05) is 44.2 Å². The lowest BCUT2D eigenvalue weighted by molar-refractivity contribution is -0.145. The SMILES string of the molecule is CC.C\C=C/C=C(\C=C/C)C(OC(C)=O)c1cncn1C. The minimum Gasteiger partial charge on any atom is -0.451 e. The van der Waals surface area contributed by atoms with Gasteiger partial charge in [-0.25, -0.2) is 4.98 Å². The van der Waals surface area contributed by atoms with E-state index < -0.39 is 6.10 Å². The summed E-state index contributed by atoms with van der Waals surface area (Å²) in [6, 6.07) is 0. The molecule has 1 rings (SSSR count). The van der Waals surface area contributed by atoms with Gasteiger partial charge in [0.15, 0.2) is 6.10 Å². The number of carbonyl (C=O) groups is 1. The summed E-state index contributed by atoms with van der Waals surface area (Å²) in [5, 5.41) is 0. The highest BCUT2D eigenvalue weighted by Gasteiger charge is 2.20. The Morgan fingerprint density at radius 1 is 1.33 bits per heavy atom. The number of allylic oxidation sites excluding steroid dienone is 4. The predicted molar refractivity (Wildman–Crippen MR) is 86.8 cm³/mol. The van der Waals surface area contributed by atoms with Gasteiger partial charge in [0, 0.05) is 14.0 Å². The van der Waals surface area contributed by atoms with Crippen LogP contribution in [0.3, 0.4) is 0 Å². The molecule has 4 heteroatoms. The van der Waals surface area contributed by atoms with Crippen LogP contribution in [-0.4, -0.2) is 15.5 Å². The van der Waals surface area contributed by atoms with Crippen LogP contribution in [0.1, 0.15) is 46.4 Å². The van der Waals surface area contributed by atoms with Gasteiger partial charge in [-0.3, -0.25) is 4.79 Å². The van der Waals surface area contributed by atoms with Gasteiger partial charge in [0.2, 0.25) is 0 Å². The number of nitrogens with zero attached hydrogens (tertiary/aromatic N) is 2. The monoisotopic (exact) mass is 290 g/mol. The number of hydrogen-bond donors (Lipinski definition) is 0. The summed E-state index contributed by atoms with van der Waals surface area (Å²) in [5.74, 6) is -0.318. The zero-order valence-corrected chi connectivity index (χ0v) is 13.8. The lowest BCUT2D eigenvalue weighted by atomic mass is 10.1. The molecule has 1 aromatic rings. The normalized spacial score (nSPS) is 13.1. The van der Waals surface area contributed by atoms with E-state index in [-0.39, 0.29) is 5.97 Å². The van der Waals surface area contributed by atoms with Crippen molar-refractivity contribution in [2.75, 3.05) is 0 Å². The fourth-order valence-electron chi connectivity index (χ4n) is 1.72. The summed E-state index contributed by atoms with van der Waals surface area (Å²) < 4.78 is 7.28. The molecule has 116 valence electrons. The third-order valence-electron chi connectivity index (χ3n) is 2.55. The van der Waals surface area contributed by atoms with Crippen LogP contribution in [0.4, 0.5) is 0 Å². The molecule has 0 aliphatic rings. The first-order chi connectivity index (χ1) is 10.1. The average molecular weight is 290 g/mol. The van der Waals surface area contributed by atoms with E-state index in [1.807, 2.05) is 69.7 Å². The molecule has 0 amide bonds. The molecule has 0 aliphatic carbocycles. The topological polar surface area (TPSA) is 44.1 Å². The van der Waals surface area contributed by atoms with Gasteiger partial charge in [-0.05, 0) is 19.4 Å². The van der Waals surface area contributed by atoms with Crippen molar-refractivity contribution < 1.29 is 9.53 Å². The smallest absolute Gasteiger partial charge is 0.303 e. The predicted octanol–water partition coefficient (Wildman–Crippen LogP) is 4.13. The molecule has 0 spiro atoms. The molecule has 1 atom stereocenters. The highest BCUT2D eigenvalue weighted by Crippen LogP contribution is 2.26. The van der Waals surface area contributed by atoms with E-state index >= 15 is 0 Å². The Kier molecular flexibility index (Phi) is 9.59. The molecule has 1 unspecified atom stereocenters. The molecular formula is C17H26N2O2. The minimum absolute atomic E-state index is 0.318. The molecule has 0 N–H and O–H groups in total. The van der Waals surface area contributed by atoms with Crippen LogP contribution in [-0.2, 0) is 16.6 Å². The number of rotatable bonds is 5. The third-order valence-corrected chi connectivity index (χ3v) is 2.55. The van der Waals surface area contributed by atoms with Crippen molar-refractivity contribution in [3.63, 3.8) is 0 Å². The zero-order chi connectivity index (χ0) is 16.3. The Morgan fingerprint density at radius 2 is 2.00 bits per heavy atom. The number of hydrogen-bond acceptors (Lipinski definition) is 3. The van der Waals surface area contributed by atoms with Gasteiger partial charge >= 0.3 is 5.97 Å². The molecule has 0 fully saturated rings. The minimum atomic E-state index is -0.447. The van der Waals surface area contributed by atoms with Crippen LogP contribution in [0.2, 0.25) is 0 Å². The van der Waals surface area contributed by atoms with Crippen molar-refractivity contribution in [1.29, 1.82) is 0 Å². The Hall–Kier alpha value is -2.10. The number of aryl methyl sites for hydroxylation is 1. The lowest BCUT2D eigenvalue weighted by Gasteiger charge is -2.18. The molecule has 0 bridgehead atoms. The quantitative estimate of drug-likeness (QED) is 0.605. The molecule has 1 aromatic heterocycles. The van der Waals surface area contributed by atoms with Crippen LogP contribution in [0, 0.1) is 0 Å². The molecule has 0 aromatic carbocycles. The maximum Gasteiger partial charge on any atom is 0.303 e. The number of carbonyl (C=O) groups excluding carboxylic acids is 1. The van der Waals surface area contributed by atoms with Crippen LogP contribution >= 0.6 is 0 Å². The largest absolute Gasteiger partial charge is 0.451 e. The highest BCUT2D eigenvalue weighted by atomic mass is 16.5. The van der Waals surface area contributed by atoms with E-state index in [4.69, 9.17) is 4.74 Å². The molecule has 1 heterocycles. The highest BCUT2D eigenvalue weighted by molar-refractivity contribution is 5.67. The Bertz CT molecular complexity index is 511. The van der Waals surface area contributed by atoms with Crippen molar-refractivity contribution in [2.45, 2.75) is 40.7 Å². The summed E-state index contributed by atoms with van der Waals surface area (Å²) >= 11 is 0.